The third kappa shape index (κ3) is 3.63. The van der Waals surface area contributed by atoms with Gasteiger partial charge in [-0.2, -0.15) is 0 Å². The maximum Gasteiger partial charge on any atom is 0.294 e. The maximum absolute atomic E-state index is 13.3. The third-order valence-corrected chi connectivity index (χ3v) is 4.59. The SMILES string of the molecule is CNS(=O)(=O)c1ccc(Nc2ccc(F)c(C)c2)c([N+](=O)[O-])c1. The minimum atomic E-state index is -3.79. The largest absolute Gasteiger partial charge is 0.350 e. The topological polar surface area (TPSA) is 101 Å². The van der Waals surface area contributed by atoms with Gasteiger partial charge in [-0.25, -0.2) is 17.5 Å². The summed E-state index contributed by atoms with van der Waals surface area (Å²) in [5.41, 5.74) is 0.544. The number of hydrogen-bond acceptors (Lipinski definition) is 5. The second-order valence-electron chi connectivity index (χ2n) is 4.73. The number of nitro benzene ring substituents is 1. The van der Waals surface area contributed by atoms with Crippen LogP contribution in [0.1, 0.15) is 5.56 Å². The minimum absolute atomic E-state index is 0.107. The van der Waals surface area contributed by atoms with E-state index in [0.717, 1.165) is 6.07 Å². The number of aryl methyl sites for hydroxylation is 1. The summed E-state index contributed by atoms with van der Waals surface area (Å²) in [6, 6.07) is 7.67. The molecule has 122 valence electrons. The lowest BCUT2D eigenvalue weighted by molar-refractivity contribution is -0.384. The fourth-order valence-electron chi connectivity index (χ4n) is 1.93. The van der Waals surface area contributed by atoms with Gasteiger partial charge in [0, 0.05) is 11.8 Å². The highest BCUT2D eigenvalue weighted by Crippen LogP contribution is 2.30. The van der Waals surface area contributed by atoms with Gasteiger partial charge in [0.15, 0.2) is 0 Å². The predicted molar refractivity (Wildman–Crippen MR) is 83.8 cm³/mol. The van der Waals surface area contributed by atoms with E-state index < -0.39 is 20.6 Å². The molecule has 0 radical (unpaired) electrons. The van der Waals surface area contributed by atoms with Gasteiger partial charge < -0.3 is 5.32 Å². The Kier molecular flexibility index (Phi) is 4.62. The molecule has 2 aromatic carbocycles. The molecule has 9 heteroatoms. The van der Waals surface area contributed by atoms with Crippen LogP contribution in [0.3, 0.4) is 0 Å². The molecule has 0 spiro atoms. The smallest absolute Gasteiger partial charge is 0.294 e. The first-order valence-electron chi connectivity index (χ1n) is 6.50. The van der Waals surface area contributed by atoms with E-state index in [1.807, 2.05) is 0 Å². The van der Waals surface area contributed by atoms with Crippen molar-refractivity contribution in [2.45, 2.75) is 11.8 Å². The van der Waals surface area contributed by atoms with Crippen molar-refractivity contribution in [2.24, 2.45) is 0 Å². The van der Waals surface area contributed by atoms with Crippen LogP contribution in [0.2, 0.25) is 0 Å². The van der Waals surface area contributed by atoms with Crippen LogP contribution in [-0.4, -0.2) is 20.4 Å². The standard InChI is InChI=1S/C14H14FN3O4S/c1-9-7-10(3-5-12(9)15)17-13-6-4-11(23(21,22)16-2)8-14(13)18(19)20/h3-8,16-17H,1-2H3. The van der Waals surface area contributed by atoms with Gasteiger partial charge >= 0.3 is 0 Å². The zero-order valence-corrected chi connectivity index (χ0v) is 13.1. The van der Waals surface area contributed by atoms with E-state index in [1.54, 1.807) is 6.92 Å². The number of benzene rings is 2. The van der Waals surface area contributed by atoms with Crippen molar-refractivity contribution in [3.05, 3.63) is 57.9 Å². The van der Waals surface area contributed by atoms with E-state index in [0.29, 0.717) is 11.3 Å². The molecule has 0 amide bonds. The molecule has 23 heavy (non-hydrogen) atoms. The highest BCUT2D eigenvalue weighted by molar-refractivity contribution is 7.89. The number of nitrogens with zero attached hydrogens (tertiary/aromatic N) is 1. The molecule has 0 saturated heterocycles. The molecule has 7 nitrogen and oxygen atoms in total. The van der Waals surface area contributed by atoms with E-state index >= 15 is 0 Å². The molecule has 0 aliphatic rings. The molecule has 0 atom stereocenters. The van der Waals surface area contributed by atoms with Gasteiger partial charge in [-0.05, 0) is 49.9 Å². The molecular weight excluding hydrogens is 325 g/mol. The van der Waals surface area contributed by atoms with Crippen LogP contribution in [0.5, 0.6) is 0 Å². The minimum Gasteiger partial charge on any atom is -0.350 e. The summed E-state index contributed by atoms with van der Waals surface area (Å²) in [6.45, 7) is 1.57. The van der Waals surface area contributed by atoms with Crippen molar-refractivity contribution >= 4 is 27.1 Å². The number of rotatable bonds is 5. The van der Waals surface area contributed by atoms with Crippen LogP contribution < -0.4 is 10.0 Å². The van der Waals surface area contributed by atoms with Crippen molar-refractivity contribution in [2.75, 3.05) is 12.4 Å². The van der Waals surface area contributed by atoms with Crippen LogP contribution in [0.15, 0.2) is 41.3 Å². The third-order valence-electron chi connectivity index (χ3n) is 3.18. The Morgan fingerprint density at radius 2 is 1.87 bits per heavy atom. The van der Waals surface area contributed by atoms with Gasteiger partial charge in [0.1, 0.15) is 11.5 Å². The van der Waals surface area contributed by atoms with E-state index in [2.05, 4.69) is 10.0 Å². The van der Waals surface area contributed by atoms with E-state index in [1.165, 1.54) is 37.4 Å². The molecule has 2 aromatic rings. The molecule has 0 fully saturated rings. The molecule has 0 heterocycles. The first-order chi connectivity index (χ1) is 10.7. The lowest BCUT2D eigenvalue weighted by Crippen LogP contribution is -2.18. The molecular formula is C14H14FN3O4S. The van der Waals surface area contributed by atoms with Gasteiger partial charge in [0.2, 0.25) is 10.0 Å². The van der Waals surface area contributed by atoms with Gasteiger partial charge in [0.05, 0.1) is 9.82 Å². The summed E-state index contributed by atoms with van der Waals surface area (Å²) < 4.78 is 38.8. The Morgan fingerprint density at radius 1 is 1.17 bits per heavy atom. The Labute approximate surface area is 132 Å². The van der Waals surface area contributed by atoms with Crippen molar-refractivity contribution < 1.29 is 17.7 Å². The summed E-state index contributed by atoms with van der Waals surface area (Å²) in [7, 11) is -2.57. The molecule has 0 unspecified atom stereocenters. The average molecular weight is 339 g/mol. The van der Waals surface area contributed by atoms with E-state index in [-0.39, 0.29) is 16.4 Å². The fraction of sp³-hybridized carbons (Fsp3) is 0.143. The Bertz CT molecular complexity index is 868. The van der Waals surface area contributed by atoms with Crippen LogP contribution in [0.25, 0.3) is 0 Å². The maximum atomic E-state index is 13.3. The number of anilines is 2. The van der Waals surface area contributed by atoms with Gasteiger partial charge in [-0.1, -0.05) is 0 Å². The lowest BCUT2D eigenvalue weighted by Gasteiger charge is -2.10. The molecule has 0 aliphatic carbocycles. The Balaban J connectivity index is 2.46. The number of nitrogens with one attached hydrogen (secondary N) is 2. The Hall–Kier alpha value is -2.52. The lowest BCUT2D eigenvalue weighted by atomic mass is 10.2. The summed E-state index contributed by atoms with van der Waals surface area (Å²) in [4.78, 5) is 10.3. The second kappa shape index (κ2) is 6.31. The zero-order chi connectivity index (χ0) is 17.2. The Morgan fingerprint density at radius 3 is 2.43 bits per heavy atom. The predicted octanol–water partition coefficient (Wildman–Crippen LogP) is 2.69. The number of sulfonamides is 1. The fourth-order valence-corrected chi connectivity index (χ4v) is 2.68. The number of hydrogen-bond donors (Lipinski definition) is 2. The molecule has 0 saturated carbocycles. The average Bonchev–Trinajstić information content (AvgIpc) is 2.51. The quantitative estimate of drug-likeness (QED) is 0.644. The van der Waals surface area contributed by atoms with Gasteiger partial charge in [-0.15, -0.1) is 0 Å². The van der Waals surface area contributed by atoms with Crippen molar-refractivity contribution in [1.82, 2.24) is 4.72 Å². The van der Waals surface area contributed by atoms with Gasteiger partial charge in [-0.3, -0.25) is 10.1 Å². The zero-order valence-electron chi connectivity index (χ0n) is 12.3. The summed E-state index contributed by atoms with van der Waals surface area (Å²) in [5.74, 6) is -0.388. The molecule has 0 aliphatic heterocycles. The molecule has 2 N–H and O–H groups in total. The van der Waals surface area contributed by atoms with Crippen molar-refractivity contribution in [3.63, 3.8) is 0 Å². The van der Waals surface area contributed by atoms with Gasteiger partial charge in [0.25, 0.3) is 5.69 Å². The first-order valence-corrected chi connectivity index (χ1v) is 7.98. The van der Waals surface area contributed by atoms with E-state index in [9.17, 15) is 22.9 Å². The second-order valence-corrected chi connectivity index (χ2v) is 6.62. The van der Waals surface area contributed by atoms with Crippen LogP contribution in [0, 0.1) is 22.9 Å². The summed E-state index contributed by atoms with van der Waals surface area (Å²) in [5, 5.41) is 14.0. The normalized spacial score (nSPS) is 11.3. The summed E-state index contributed by atoms with van der Waals surface area (Å²) in [6.07, 6.45) is 0. The highest BCUT2D eigenvalue weighted by Gasteiger charge is 2.20. The monoisotopic (exact) mass is 339 g/mol. The molecule has 0 bridgehead atoms. The van der Waals surface area contributed by atoms with Crippen LogP contribution in [0.4, 0.5) is 21.5 Å². The first kappa shape index (κ1) is 16.8. The van der Waals surface area contributed by atoms with Crippen LogP contribution in [-0.2, 0) is 10.0 Å². The van der Waals surface area contributed by atoms with Crippen molar-refractivity contribution in [3.8, 4) is 0 Å². The number of nitro groups is 1. The summed E-state index contributed by atoms with van der Waals surface area (Å²) >= 11 is 0. The molecule has 0 aromatic heterocycles. The van der Waals surface area contributed by atoms with E-state index in [4.69, 9.17) is 0 Å². The molecule has 2 rings (SSSR count). The number of halogens is 1. The highest BCUT2D eigenvalue weighted by atomic mass is 32.2. The van der Waals surface area contributed by atoms with Crippen LogP contribution >= 0.6 is 0 Å². The van der Waals surface area contributed by atoms with Crippen molar-refractivity contribution in [1.29, 1.82) is 0 Å².